The van der Waals surface area contributed by atoms with Crippen molar-refractivity contribution in [2.24, 2.45) is 5.73 Å². The van der Waals surface area contributed by atoms with E-state index in [0.717, 1.165) is 18.7 Å². The fourth-order valence-corrected chi connectivity index (χ4v) is 2.86. The summed E-state index contributed by atoms with van der Waals surface area (Å²) in [7, 11) is 0. The molecule has 0 amide bonds. The van der Waals surface area contributed by atoms with Crippen LogP contribution in [0.1, 0.15) is 18.1 Å². The van der Waals surface area contributed by atoms with Crippen molar-refractivity contribution in [1.82, 2.24) is 0 Å². The zero-order valence-corrected chi connectivity index (χ0v) is 12.2. The lowest BCUT2D eigenvalue weighted by Crippen LogP contribution is -2.18. The average molecular weight is 283 g/mol. The molecule has 0 unspecified atom stereocenters. The Hall–Kier alpha value is -2.07. The molecule has 0 atom stereocenters. The van der Waals surface area contributed by atoms with Gasteiger partial charge in [0.25, 0.3) is 0 Å². The number of nitrogens with two attached hydrogens (primary N) is 1. The molecule has 2 aromatic carbocycles. The zero-order valence-electron chi connectivity index (χ0n) is 11.4. The molecule has 0 aromatic heterocycles. The third-order valence-electron chi connectivity index (χ3n) is 3.53. The molecule has 3 rings (SSSR count). The molecule has 0 saturated carbocycles. The smallest absolute Gasteiger partial charge is 0.168 e. The Bertz CT molecular complexity index is 679. The summed E-state index contributed by atoms with van der Waals surface area (Å²) in [5, 5.41) is 6.65. The zero-order chi connectivity index (χ0) is 14.1. The van der Waals surface area contributed by atoms with E-state index in [1.807, 2.05) is 6.07 Å². The van der Waals surface area contributed by atoms with Gasteiger partial charge < -0.3 is 16.4 Å². The Morgan fingerprint density at radius 1 is 1.10 bits per heavy atom. The molecule has 0 spiro atoms. The SMILES string of the molecule is CCNc1ccc2c(c1)Cc1cc(NC(N)=S)ccc1-2. The van der Waals surface area contributed by atoms with E-state index in [1.54, 1.807) is 0 Å². The highest BCUT2D eigenvalue weighted by Crippen LogP contribution is 2.38. The molecule has 3 nitrogen and oxygen atoms in total. The molecular formula is C16H17N3S. The minimum Gasteiger partial charge on any atom is -0.385 e. The fourth-order valence-electron chi connectivity index (χ4n) is 2.74. The lowest BCUT2D eigenvalue weighted by molar-refractivity contribution is 1.20. The molecule has 0 bridgehead atoms. The summed E-state index contributed by atoms with van der Waals surface area (Å²) in [6, 6.07) is 12.8. The number of anilines is 2. The highest BCUT2D eigenvalue weighted by atomic mass is 32.1. The number of hydrogen-bond acceptors (Lipinski definition) is 2. The van der Waals surface area contributed by atoms with Gasteiger partial charge in [-0.3, -0.25) is 0 Å². The van der Waals surface area contributed by atoms with Gasteiger partial charge >= 0.3 is 0 Å². The molecule has 0 heterocycles. The van der Waals surface area contributed by atoms with E-state index in [-0.39, 0.29) is 0 Å². The topological polar surface area (TPSA) is 50.1 Å². The maximum absolute atomic E-state index is 5.52. The predicted molar refractivity (Wildman–Crippen MR) is 89.3 cm³/mol. The Balaban J connectivity index is 1.94. The van der Waals surface area contributed by atoms with Crippen molar-refractivity contribution in [2.45, 2.75) is 13.3 Å². The van der Waals surface area contributed by atoms with Gasteiger partial charge in [0.05, 0.1) is 0 Å². The van der Waals surface area contributed by atoms with Gasteiger partial charge in [0, 0.05) is 17.9 Å². The van der Waals surface area contributed by atoms with Gasteiger partial charge in [-0.25, -0.2) is 0 Å². The Morgan fingerprint density at radius 3 is 2.30 bits per heavy atom. The predicted octanol–water partition coefficient (Wildman–Crippen LogP) is 3.35. The second-order valence-electron chi connectivity index (χ2n) is 4.94. The molecule has 20 heavy (non-hydrogen) atoms. The first-order chi connectivity index (χ1) is 9.67. The molecule has 0 radical (unpaired) electrons. The third kappa shape index (κ3) is 2.34. The molecule has 4 heteroatoms. The van der Waals surface area contributed by atoms with Crippen LogP contribution in [0.25, 0.3) is 11.1 Å². The quantitative estimate of drug-likeness (QED) is 0.645. The molecular weight excluding hydrogens is 266 g/mol. The summed E-state index contributed by atoms with van der Waals surface area (Å²) in [5.41, 5.74) is 13.0. The van der Waals surface area contributed by atoms with Gasteiger partial charge in [0.15, 0.2) is 5.11 Å². The van der Waals surface area contributed by atoms with Crippen LogP contribution in [0.15, 0.2) is 36.4 Å². The molecule has 2 aromatic rings. The lowest BCUT2D eigenvalue weighted by Gasteiger charge is -2.07. The maximum atomic E-state index is 5.52. The molecule has 0 aliphatic heterocycles. The largest absolute Gasteiger partial charge is 0.385 e. The van der Waals surface area contributed by atoms with Crippen molar-refractivity contribution in [3.63, 3.8) is 0 Å². The van der Waals surface area contributed by atoms with E-state index in [2.05, 4.69) is 47.9 Å². The van der Waals surface area contributed by atoms with Crippen molar-refractivity contribution >= 4 is 28.7 Å². The first kappa shape index (κ1) is 12.9. The van der Waals surface area contributed by atoms with Crippen LogP contribution in [0.5, 0.6) is 0 Å². The Labute approximate surface area is 124 Å². The first-order valence-corrected chi connectivity index (χ1v) is 7.14. The van der Waals surface area contributed by atoms with Gasteiger partial charge in [-0.05, 0) is 72.1 Å². The van der Waals surface area contributed by atoms with Gasteiger partial charge in [0.1, 0.15) is 0 Å². The van der Waals surface area contributed by atoms with Crippen LogP contribution in [-0.2, 0) is 6.42 Å². The summed E-state index contributed by atoms with van der Waals surface area (Å²) in [6.07, 6.45) is 0.955. The Morgan fingerprint density at radius 2 is 1.70 bits per heavy atom. The van der Waals surface area contributed by atoms with E-state index in [1.165, 1.54) is 27.9 Å². The summed E-state index contributed by atoms with van der Waals surface area (Å²) in [6.45, 7) is 3.05. The van der Waals surface area contributed by atoms with Crippen molar-refractivity contribution < 1.29 is 0 Å². The van der Waals surface area contributed by atoms with E-state index in [9.17, 15) is 0 Å². The number of thiocarbonyl (C=S) groups is 1. The standard InChI is InChI=1S/C16H17N3S/c1-2-18-12-3-5-14-10(8-12)7-11-9-13(19-16(17)20)4-6-15(11)14/h3-6,8-9,18H,2,7H2,1H3,(H3,17,19,20). The number of hydrogen-bond donors (Lipinski definition) is 3. The number of rotatable bonds is 3. The number of benzene rings is 2. The Kier molecular flexibility index (Phi) is 3.32. The summed E-state index contributed by atoms with van der Waals surface area (Å²) >= 11 is 4.88. The van der Waals surface area contributed by atoms with Crippen molar-refractivity contribution in [2.75, 3.05) is 17.2 Å². The second kappa shape index (κ2) is 5.13. The van der Waals surface area contributed by atoms with Gasteiger partial charge in [0.2, 0.25) is 0 Å². The summed E-state index contributed by atoms with van der Waals surface area (Å²) < 4.78 is 0. The minimum absolute atomic E-state index is 0.301. The first-order valence-electron chi connectivity index (χ1n) is 6.74. The van der Waals surface area contributed by atoms with Gasteiger partial charge in [-0.1, -0.05) is 12.1 Å². The summed E-state index contributed by atoms with van der Waals surface area (Å²) in [5.74, 6) is 0. The van der Waals surface area contributed by atoms with E-state index < -0.39 is 0 Å². The average Bonchev–Trinajstić information content (AvgIpc) is 2.75. The lowest BCUT2D eigenvalue weighted by atomic mass is 10.1. The number of nitrogens with one attached hydrogen (secondary N) is 2. The van der Waals surface area contributed by atoms with Crippen molar-refractivity contribution in [3.05, 3.63) is 47.5 Å². The summed E-state index contributed by atoms with van der Waals surface area (Å²) in [4.78, 5) is 0. The molecule has 1 aliphatic carbocycles. The van der Waals surface area contributed by atoms with Crippen LogP contribution in [0.4, 0.5) is 11.4 Å². The highest BCUT2D eigenvalue weighted by Gasteiger charge is 2.18. The molecule has 4 N–H and O–H groups in total. The van der Waals surface area contributed by atoms with Crippen LogP contribution in [0.3, 0.4) is 0 Å². The number of fused-ring (bicyclic) bond motifs is 3. The van der Waals surface area contributed by atoms with Crippen LogP contribution in [0, 0.1) is 0 Å². The monoisotopic (exact) mass is 283 g/mol. The fraction of sp³-hybridized carbons (Fsp3) is 0.188. The minimum atomic E-state index is 0.301. The van der Waals surface area contributed by atoms with Crippen LogP contribution >= 0.6 is 12.2 Å². The van der Waals surface area contributed by atoms with Crippen molar-refractivity contribution in [1.29, 1.82) is 0 Å². The molecule has 0 saturated heterocycles. The maximum Gasteiger partial charge on any atom is 0.168 e. The van der Waals surface area contributed by atoms with Gasteiger partial charge in [-0.15, -0.1) is 0 Å². The van der Waals surface area contributed by atoms with Crippen LogP contribution < -0.4 is 16.4 Å². The van der Waals surface area contributed by atoms with E-state index >= 15 is 0 Å². The second-order valence-corrected chi connectivity index (χ2v) is 5.38. The molecule has 1 aliphatic rings. The van der Waals surface area contributed by atoms with Crippen LogP contribution in [0.2, 0.25) is 0 Å². The van der Waals surface area contributed by atoms with E-state index in [4.69, 9.17) is 18.0 Å². The normalized spacial score (nSPS) is 11.7. The van der Waals surface area contributed by atoms with Crippen molar-refractivity contribution in [3.8, 4) is 11.1 Å². The highest BCUT2D eigenvalue weighted by molar-refractivity contribution is 7.80. The molecule has 102 valence electrons. The van der Waals surface area contributed by atoms with Crippen LogP contribution in [-0.4, -0.2) is 11.7 Å². The molecule has 0 fully saturated rings. The van der Waals surface area contributed by atoms with Gasteiger partial charge in [-0.2, -0.15) is 0 Å². The van der Waals surface area contributed by atoms with E-state index in [0.29, 0.717) is 5.11 Å². The third-order valence-corrected chi connectivity index (χ3v) is 3.63.